The summed E-state index contributed by atoms with van der Waals surface area (Å²) in [5, 5.41) is 8.19. The van der Waals surface area contributed by atoms with Crippen molar-refractivity contribution in [2.75, 3.05) is 26.7 Å². The van der Waals surface area contributed by atoms with E-state index in [1.54, 1.807) is 21.9 Å². The number of methoxy groups -OCH3 is 1. The number of nitrogens with one attached hydrogen (secondary N) is 1. The molecule has 2 saturated heterocycles. The number of Topliss-reactive ketones (excluding diaryl/α,β-unsaturated/α-hetero) is 1. The number of hydrogen-bond acceptors (Lipinski definition) is 6. The fourth-order valence-electron chi connectivity index (χ4n) is 8.02. The number of terminal acetylenes is 1. The third-order valence-electron chi connectivity index (χ3n) is 11.1. The van der Waals surface area contributed by atoms with Crippen LogP contribution in [0.15, 0.2) is 121 Å². The highest BCUT2D eigenvalue weighted by Crippen LogP contribution is 2.32. The fraction of sp³-hybridized carbons (Fsp3) is 0.277. The Kier molecular flexibility index (Phi) is 12.0. The summed E-state index contributed by atoms with van der Waals surface area (Å²) in [7, 11) is 1.60. The second kappa shape index (κ2) is 17.6. The maximum atomic E-state index is 14.6. The summed E-state index contributed by atoms with van der Waals surface area (Å²) in [5.74, 6) is 3.03. The molecule has 10 nitrogen and oxygen atoms in total. The average Bonchev–Trinajstić information content (AvgIpc) is 3.57. The van der Waals surface area contributed by atoms with Crippen molar-refractivity contribution < 1.29 is 23.9 Å². The molecule has 5 aromatic rings. The van der Waals surface area contributed by atoms with Gasteiger partial charge in [0.25, 0.3) is 0 Å². The Balaban J connectivity index is 1.15. The predicted octanol–water partition coefficient (Wildman–Crippen LogP) is 6.80. The van der Waals surface area contributed by atoms with Gasteiger partial charge in [-0.1, -0.05) is 122 Å². The first kappa shape index (κ1) is 38.8. The number of piperazine rings is 1. The van der Waals surface area contributed by atoms with E-state index in [-0.39, 0.29) is 56.1 Å². The number of hydrazine groups is 1. The van der Waals surface area contributed by atoms with Gasteiger partial charge in [-0.05, 0) is 57.5 Å². The van der Waals surface area contributed by atoms with E-state index in [2.05, 4.69) is 24.2 Å². The molecule has 4 amide bonds. The molecule has 0 spiro atoms. The van der Waals surface area contributed by atoms with Crippen molar-refractivity contribution in [3.63, 3.8) is 0 Å². The highest BCUT2D eigenvalue weighted by atomic mass is 16.5. The monoisotopic (exact) mass is 761 g/mol. The van der Waals surface area contributed by atoms with Gasteiger partial charge in [0.1, 0.15) is 18.0 Å². The Bertz CT molecular complexity index is 2270. The summed E-state index contributed by atoms with van der Waals surface area (Å²) >= 11 is 0. The van der Waals surface area contributed by atoms with E-state index in [1.807, 2.05) is 115 Å². The Morgan fingerprint density at radius 2 is 1.60 bits per heavy atom. The molecule has 5 aromatic carbocycles. The third-order valence-corrected chi connectivity index (χ3v) is 11.1. The number of hydrogen-bond donors (Lipinski definition) is 1. The van der Waals surface area contributed by atoms with Crippen LogP contribution in [0.2, 0.25) is 0 Å². The standard InChI is InChI=1S/C47H47N5O5/c1-4-26-50(47(56)48-29-34-20-24-40(57-3)25-21-34)51-32-45(54)52-42(46(55)49(31-44(51)52)30-39-16-11-15-37-12-9-10-17-41(37)39)27-33-18-22-36(23-19-33)35(5-2)28-43(53)38-13-7-6-8-14-38/h1,6-25,35,42,44H,5,26-32H2,2-3H3,(H,48,56)/t35?,42-,44+/m0/s1. The molecule has 0 aliphatic carbocycles. The summed E-state index contributed by atoms with van der Waals surface area (Å²) in [5.41, 5.74) is 4.49. The van der Waals surface area contributed by atoms with Crippen molar-refractivity contribution in [3.8, 4) is 18.1 Å². The number of benzene rings is 5. The molecule has 0 bridgehead atoms. The van der Waals surface area contributed by atoms with Crippen LogP contribution in [0, 0.1) is 12.3 Å². The van der Waals surface area contributed by atoms with E-state index in [4.69, 9.17) is 11.2 Å². The lowest BCUT2D eigenvalue weighted by Crippen LogP contribution is -2.66. The minimum absolute atomic E-state index is 0.0374. The number of fused-ring (bicyclic) bond motifs is 2. The Labute approximate surface area is 334 Å². The van der Waals surface area contributed by atoms with Crippen LogP contribution in [0.4, 0.5) is 4.79 Å². The lowest BCUT2D eigenvalue weighted by Gasteiger charge is -2.46. The van der Waals surface area contributed by atoms with Gasteiger partial charge < -0.3 is 19.9 Å². The van der Waals surface area contributed by atoms with Crippen LogP contribution in [0.1, 0.15) is 58.3 Å². The van der Waals surface area contributed by atoms with E-state index in [1.165, 1.54) is 5.01 Å². The first-order valence-electron chi connectivity index (χ1n) is 19.4. The topological polar surface area (TPSA) is 102 Å². The molecule has 0 radical (unpaired) electrons. The predicted molar refractivity (Wildman–Crippen MR) is 220 cm³/mol. The summed E-state index contributed by atoms with van der Waals surface area (Å²) in [4.78, 5) is 59.0. The lowest BCUT2D eigenvalue weighted by molar-refractivity contribution is -0.157. The maximum absolute atomic E-state index is 14.6. The first-order chi connectivity index (χ1) is 27.8. The lowest BCUT2D eigenvalue weighted by atomic mass is 9.88. The highest BCUT2D eigenvalue weighted by molar-refractivity contribution is 5.96. The smallest absolute Gasteiger partial charge is 0.333 e. The number of nitrogens with zero attached hydrogens (tertiary/aromatic N) is 4. The van der Waals surface area contributed by atoms with Gasteiger partial charge in [0.05, 0.1) is 26.7 Å². The van der Waals surface area contributed by atoms with Crippen LogP contribution in [0.5, 0.6) is 5.75 Å². The summed E-state index contributed by atoms with van der Waals surface area (Å²) in [6, 6.07) is 37.6. The van der Waals surface area contributed by atoms with Crippen molar-refractivity contribution >= 4 is 34.4 Å². The van der Waals surface area contributed by atoms with Gasteiger partial charge in [0.2, 0.25) is 11.8 Å². The number of urea groups is 1. The number of ether oxygens (including phenoxy) is 1. The van der Waals surface area contributed by atoms with Crippen LogP contribution >= 0.6 is 0 Å². The molecular weight excluding hydrogens is 715 g/mol. The Morgan fingerprint density at radius 3 is 2.32 bits per heavy atom. The Morgan fingerprint density at radius 1 is 0.895 bits per heavy atom. The molecular formula is C47H47N5O5. The summed E-state index contributed by atoms with van der Waals surface area (Å²) in [6.45, 7) is 2.65. The van der Waals surface area contributed by atoms with Crippen LogP contribution < -0.4 is 10.1 Å². The Hall–Kier alpha value is -6.44. The minimum Gasteiger partial charge on any atom is -0.497 e. The molecule has 10 heteroatoms. The molecule has 7 rings (SSSR count). The maximum Gasteiger partial charge on any atom is 0.333 e. The first-order valence-corrected chi connectivity index (χ1v) is 19.4. The van der Waals surface area contributed by atoms with Crippen molar-refractivity contribution in [3.05, 3.63) is 149 Å². The molecule has 2 aliphatic heterocycles. The summed E-state index contributed by atoms with van der Waals surface area (Å²) < 4.78 is 5.26. The molecule has 2 fully saturated rings. The van der Waals surface area contributed by atoms with Crippen molar-refractivity contribution in [2.24, 2.45) is 0 Å². The van der Waals surface area contributed by atoms with E-state index < -0.39 is 18.2 Å². The zero-order valence-electron chi connectivity index (χ0n) is 32.3. The highest BCUT2D eigenvalue weighted by Gasteiger charge is 2.52. The zero-order chi connectivity index (χ0) is 39.9. The van der Waals surface area contributed by atoms with Gasteiger partial charge in [-0.25, -0.2) is 9.80 Å². The third kappa shape index (κ3) is 8.54. The second-order valence-electron chi connectivity index (χ2n) is 14.6. The second-order valence-corrected chi connectivity index (χ2v) is 14.6. The molecule has 2 heterocycles. The van der Waals surface area contributed by atoms with Gasteiger partial charge in [0, 0.05) is 31.5 Å². The molecule has 0 saturated carbocycles. The molecule has 290 valence electrons. The van der Waals surface area contributed by atoms with Gasteiger partial charge in [-0.3, -0.25) is 14.4 Å². The molecule has 2 aliphatic rings. The van der Waals surface area contributed by atoms with Crippen LogP contribution in [0.25, 0.3) is 10.8 Å². The van der Waals surface area contributed by atoms with Crippen molar-refractivity contribution in [1.29, 1.82) is 0 Å². The largest absolute Gasteiger partial charge is 0.497 e. The SMILES string of the molecule is C#CCN(C(=O)NCc1ccc(OC)cc1)N1CC(=O)N2[C@@H](Cc3ccc(C(CC)CC(=O)c4ccccc4)cc3)C(=O)N(Cc3cccc4ccccc34)C[C@@H]21. The van der Waals surface area contributed by atoms with E-state index >= 15 is 0 Å². The van der Waals surface area contributed by atoms with E-state index in [0.717, 1.165) is 39.4 Å². The van der Waals surface area contributed by atoms with Gasteiger partial charge in [-0.15, -0.1) is 6.42 Å². The fourth-order valence-corrected chi connectivity index (χ4v) is 8.02. The summed E-state index contributed by atoms with van der Waals surface area (Å²) in [6.07, 6.45) is 6.65. The van der Waals surface area contributed by atoms with E-state index in [0.29, 0.717) is 24.3 Å². The molecule has 0 aromatic heterocycles. The zero-order valence-corrected chi connectivity index (χ0v) is 32.3. The van der Waals surface area contributed by atoms with Crippen LogP contribution in [-0.4, -0.2) is 82.4 Å². The van der Waals surface area contributed by atoms with Crippen LogP contribution in [-0.2, 0) is 29.1 Å². The van der Waals surface area contributed by atoms with Crippen molar-refractivity contribution in [2.45, 2.75) is 57.4 Å². The average molecular weight is 762 g/mol. The van der Waals surface area contributed by atoms with Gasteiger partial charge in [-0.2, -0.15) is 5.01 Å². The van der Waals surface area contributed by atoms with Crippen molar-refractivity contribution in [1.82, 2.24) is 25.1 Å². The molecule has 1 N–H and O–H groups in total. The normalized spacial score (nSPS) is 17.2. The number of rotatable bonds is 14. The minimum atomic E-state index is -0.821. The number of carbonyl (C=O) groups excluding carboxylic acids is 4. The molecule has 1 unspecified atom stereocenters. The number of carbonyl (C=O) groups is 4. The quantitative estimate of drug-likeness (QED) is 0.0988. The van der Waals surface area contributed by atoms with Gasteiger partial charge >= 0.3 is 6.03 Å². The number of amides is 4. The number of ketones is 1. The molecule has 3 atom stereocenters. The van der Waals surface area contributed by atoms with Crippen LogP contribution in [0.3, 0.4) is 0 Å². The van der Waals surface area contributed by atoms with Gasteiger partial charge in [0.15, 0.2) is 5.78 Å². The van der Waals surface area contributed by atoms with E-state index in [9.17, 15) is 19.2 Å². The molecule has 57 heavy (non-hydrogen) atoms.